The van der Waals surface area contributed by atoms with Crippen molar-refractivity contribution >= 4 is 29.9 Å². The van der Waals surface area contributed by atoms with Crippen LogP contribution in [0.4, 0.5) is 0 Å². The molecule has 0 spiro atoms. The molecule has 1 atom stereocenters. The predicted molar refractivity (Wildman–Crippen MR) is 94.1 cm³/mol. The Morgan fingerprint density at radius 1 is 1.35 bits per heavy atom. The molecule has 6 heteroatoms. The SMILES string of the molecule is CCCN=C(NCC)NCCCOCC1CCCO1.I. The first-order valence-corrected chi connectivity index (χ1v) is 7.58. The molecule has 0 bridgehead atoms. The molecule has 0 aromatic carbocycles. The van der Waals surface area contributed by atoms with E-state index in [1.165, 1.54) is 6.42 Å². The zero-order valence-electron chi connectivity index (χ0n) is 12.8. The van der Waals surface area contributed by atoms with E-state index >= 15 is 0 Å². The Morgan fingerprint density at radius 3 is 2.85 bits per heavy atom. The topological polar surface area (TPSA) is 54.9 Å². The van der Waals surface area contributed by atoms with E-state index in [0.717, 1.165) is 64.7 Å². The molecular formula is C14H30IN3O2. The number of rotatable bonds is 9. The van der Waals surface area contributed by atoms with Gasteiger partial charge in [0.2, 0.25) is 0 Å². The molecule has 1 aliphatic rings. The highest BCUT2D eigenvalue weighted by Crippen LogP contribution is 2.11. The van der Waals surface area contributed by atoms with Crippen LogP contribution in [0, 0.1) is 0 Å². The van der Waals surface area contributed by atoms with Crippen LogP contribution in [0.5, 0.6) is 0 Å². The number of nitrogens with one attached hydrogen (secondary N) is 2. The molecule has 1 saturated heterocycles. The van der Waals surface area contributed by atoms with Crippen LogP contribution in [0.25, 0.3) is 0 Å². The fourth-order valence-electron chi connectivity index (χ4n) is 1.94. The van der Waals surface area contributed by atoms with Crippen LogP contribution < -0.4 is 10.6 Å². The first-order valence-electron chi connectivity index (χ1n) is 7.58. The molecule has 1 fully saturated rings. The average Bonchev–Trinajstić information content (AvgIpc) is 2.93. The zero-order chi connectivity index (χ0) is 13.8. The van der Waals surface area contributed by atoms with Gasteiger partial charge in [-0.15, -0.1) is 24.0 Å². The van der Waals surface area contributed by atoms with Gasteiger partial charge < -0.3 is 20.1 Å². The molecule has 1 heterocycles. The van der Waals surface area contributed by atoms with E-state index in [0.29, 0.717) is 6.10 Å². The third kappa shape index (κ3) is 9.77. The average molecular weight is 399 g/mol. The third-order valence-corrected chi connectivity index (χ3v) is 2.92. The Bertz CT molecular complexity index is 247. The first kappa shape index (κ1) is 19.9. The smallest absolute Gasteiger partial charge is 0.191 e. The highest BCUT2D eigenvalue weighted by Gasteiger charge is 2.14. The molecule has 0 aromatic rings. The fraction of sp³-hybridized carbons (Fsp3) is 0.929. The summed E-state index contributed by atoms with van der Waals surface area (Å²) in [6.07, 6.45) is 4.71. The van der Waals surface area contributed by atoms with Gasteiger partial charge in [0, 0.05) is 32.8 Å². The van der Waals surface area contributed by atoms with Crippen molar-refractivity contribution in [3.8, 4) is 0 Å². The van der Waals surface area contributed by atoms with E-state index < -0.39 is 0 Å². The second-order valence-electron chi connectivity index (χ2n) is 4.75. The molecule has 5 nitrogen and oxygen atoms in total. The largest absolute Gasteiger partial charge is 0.379 e. The van der Waals surface area contributed by atoms with Gasteiger partial charge in [0.15, 0.2) is 5.96 Å². The summed E-state index contributed by atoms with van der Waals surface area (Å²) in [5.41, 5.74) is 0. The van der Waals surface area contributed by atoms with E-state index in [2.05, 4.69) is 29.5 Å². The van der Waals surface area contributed by atoms with Gasteiger partial charge >= 0.3 is 0 Å². The summed E-state index contributed by atoms with van der Waals surface area (Å²) in [6, 6.07) is 0. The first-order chi connectivity index (χ1) is 9.36. The fourth-order valence-corrected chi connectivity index (χ4v) is 1.94. The lowest BCUT2D eigenvalue weighted by Crippen LogP contribution is -2.38. The molecular weight excluding hydrogens is 369 g/mol. The quantitative estimate of drug-likeness (QED) is 0.270. The second-order valence-corrected chi connectivity index (χ2v) is 4.75. The van der Waals surface area contributed by atoms with Crippen LogP contribution in [0.2, 0.25) is 0 Å². The van der Waals surface area contributed by atoms with Gasteiger partial charge in [-0.1, -0.05) is 6.92 Å². The molecule has 2 N–H and O–H groups in total. The van der Waals surface area contributed by atoms with Crippen molar-refractivity contribution in [3.63, 3.8) is 0 Å². The number of ether oxygens (including phenoxy) is 2. The number of hydrogen-bond donors (Lipinski definition) is 2. The number of guanidine groups is 1. The molecule has 1 rings (SSSR count). The minimum atomic E-state index is 0. The summed E-state index contributed by atoms with van der Waals surface area (Å²) in [7, 11) is 0. The number of hydrogen-bond acceptors (Lipinski definition) is 3. The van der Waals surface area contributed by atoms with E-state index in [9.17, 15) is 0 Å². The summed E-state index contributed by atoms with van der Waals surface area (Å²) in [5.74, 6) is 0.906. The van der Waals surface area contributed by atoms with Crippen molar-refractivity contribution in [1.82, 2.24) is 10.6 Å². The van der Waals surface area contributed by atoms with Crippen molar-refractivity contribution < 1.29 is 9.47 Å². The van der Waals surface area contributed by atoms with E-state index in [4.69, 9.17) is 9.47 Å². The van der Waals surface area contributed by atoms with Gasteiger partial charge in [0.1, 0.15) is 0 Å². The standard InChI is InChI=1S/C14H29N3O2.HI/c1-3-8-16-14(15-4-2)17-9-6-10-18-12-13-7-5-11-19-13;/h13H,3-12H2,1-2H3,(H2,15,16,17);1H. The number of halogens is 1. The van der Waals surface area contributed by atoms with Crippen molar-refractivity contribution in [2.24, 2.45) is 4.99 Å². The van der Waals surface area contributed by atoms with E-state index in [-0.39, 0.29) is 24.0 Å². The van der Waals surface area contributed by atoms with Crippen molar-refractivity contribution in [2.75, 3.05) is 39.5 Å². The van der Waals surface area contributed by atoms with Gasteiger partial charge in [-0.25, -0.2) is 0 Å². The van der Waals surface area contributed by atoms with Crippen molar-refractivity contribution in [1.29, 1.82) is 0 Å². The highest BCUT2D eigenvalue weighted by molar-refractivity contribution is 14.0. The Morgan fingerprint density at radius 2 is 2.20 bits per heavy atom. The maximum absolute atomic E-state index is 5.62. The number of aliphatic imine (C=N–C) groups is 1. The summed E-state index contributed by atoms with van der Waals surface area (Å²) in [4.78, 5) is 4.45. The van der Waals surface area contributed by atoms with Gasteiger partial charge in [-0.05, 0) is 32.6 Å². The minimum Gasteiger partial charge on any atom is -0.379 e. The monoisotopic (exact) mass is 399 g/mol. The van der Waals surface area contributed by atoms with Crippen LogP contribution >= 0.6 is 24.0 Å². The molecule has 20 heavy (non-hydrogen) atoms. The maximum Gasteiger partial charge on any atom is 0.191 e. The van der Waals surface area contributed by atoms with E-state index in [1.54, 1.807) is 0 Å². The summed E-state index contributed by atoms with van der Waals surface area (Å²) in [6.45, 7) is 9.27. The molecule has 0 saturated carbocycles. The Hall–Kier alpha value is -0.0800. The van der Waals surface area contributed by atoms with Gasteiger partial charge in [-0.3, -0.25) is 4.99 Å². The second kappa shape index (κ2) is 13.9. The normalized spacial score (nSPS) is 18.7. The molecule has 0 aromatic heterocycles. The summed E-state index contributed by atoms with van der Waals surface area (Å²) >= 11 is 0. The van der Waals surface area contributed by atoms with Crippen LogP contribution in [-0.4, -0.2) is 51.5 Å². The summed E-state index contributed by atoms with van der Waals surface area (Å²) < 4.78 is 11.1. The lowest BCUT2D eigenvalue weighted by Gasteiger charge is -2.12. The van der Waals surface area contributed by atoms with Crippen LogP contribution in [0.1, 0.15) is 39.5 Å². The maximum atomic E-state index is 5.62. The predicted octanol–water partition coefficient (Wildman–Crippen LogP) is 2.16. The van der Waals surface area contributed by atoms with Crippen LogP contribution in [0.3, 0.4) is 0 Å². The molecule has 0 aliphatic carbocycles. The number of nitrogens with zero attached hydrogens (tertiary/aromatic N) is 1. The molecule has 1 unspecified atom stereocenters. The Labute approximate surface area is 140 Å². The van der Waals surface area contributed by atoms with Crippen molar-refractivity contribution in [3.05, 3.63) is 0 Å². The lowest BCUT2D eigenvalue weighted by molar-refractivity contribution is 0.0168. The van der Waals surface area contributed by atoms with Gasteiger partial charge in [0.05, 0.1) is 12.7 Å². The highest BCUT2D eigenvalue weighted by atomic mass is 127. The van der Waals surface area contributed by atoms with Gasteiger partial charge in [0.25, 0.3) is 0 Å². The van der Waals surface area contributed by atoms with Gasteiger partial charge in [-0.2, -0.15) is 0 Å². The molecule has 1 aliphatic heterocycles. The lowest BCUT2D eigenvalue weighted by atomic mass is 10.2. The molecule has 120 valence electrons. The molecule has 0 radical (unpaired) electrons. The molecule has 0 amide bonds. The minimum absolute atomic E-state index is 0. The van der Waals surface area contributed by atoms with E-state index in [1.807, 2.05) is 0 Å². The Balaban J connectivity index is 0.00000361. The zero-order valence-corrected chi connectivity index (χ0v) is 15.2. The Kier molecular flexibility index (Phi) is 13.8. The summed E-state index contributed by atoms with van der Waals surface area (Å²) in [5, 5.41) is 6.54. The van der Waals surface area contributed by atoms with Crippen LogP contribution in [0.15, 0.2) is 4.99 Å². The van der Waals surface area contributed by atoms with Crippen molar-refractivity contribution in [2.45, 2.75) is 45.6 Å². The van der Waals surface area contributed by atoms with Crippen LogP contribution in [-0.2, 0) is 9.47 Å². The third-order valence-electron chi connectivity index (χ3n) is 2.92.